The molecule has 2 rings (SSSR count). The van der Waals surface area contributed by atoms with Crippen molar-refractivity contribution in [1.29, 1.82) is 0 Å². The zero-order valence-corrected chi connectivity index (χ0v) is 11.3. The smallest absolute Gasteiger partial charge is 0.317 e. The molecule has 1 aromatic heterocycles. The number of aliphatic hydroxyl groups excluding tert-OH is 1. The van der Waals surface area contributed by atoms with E-state index in [1.165, 1.54) is 0 Å². The Morgan fingerprint density at radius 3 is 2.84 bits per heavy atom. The van der Waals surface area contributed by atoms with E-state index in [-0.39, 0.29) is 12.6 Å². The summed E-state index contributed by atoms with van der Waals surface area (Å²) >= 11 is 0. The van der Waals surface area contributed by atoms with Gasteiger partial charge in [-0.25, -0.2) is 4.79 Å². The van der Waals surface area contributed by atoms with Gasteiger partial charge in [0.15, 0.2) is 0 Å². The highest BCUT2D eigenvalue weighted by atomic mass is 16.3. The maximum Gasteiger partial charge on any atom is 0.317 e. The number of hydrogen-bond donors (Lipinski definition) is 2. The number of carbonyl (C=O) groups excluding carboxylic acids is 1. The first-order chi connectivity index (χ1) is 9.19. The van der Waals surface area contributed by atoms with Crippen molar-refractivity contribution in [3.63, 3.8) is 0 Å². The maximum atomic E-state index is 12.0. The van der Waals surface area contributed by atoms with Gasteiger partial charge in [0, 0.05) is 25.4 Å². The molecule has 0 radical (unpaired) electrons. The molecule has 0 aromatic carbocycles. The van der Waals surface area contributed by atoms with E-state index in [0.29, 0.717) is 12.5 Å². The molecule has 104 valence electrons. The summed E-state index contributed by atoms with van der Waals surface area (Å²) in [5.41, 5.74) is 1.83. The van der Waals surface area contributed by atoms with Crippen LogP contribution in [0.2, 0.25) is 0 Å². The lowest BCUT2D eigenvalue weighted by molar-refractivity contribution is 0.137. The fraction of sp³-hybridized carbons (Fsp3) is 0.571. The predicted octanol–water partition coefficient (Wildman–Crippen LogP) is 1.30. The monoisotopic (exact) mass is 263 g/mol. The molecular formula is C14H21N3O2. The molecular weight excluding hydrogens is 242 g/mol. The summed E-state index contributed by atoms with van der Waals surface area (Å²) in [7, 11) is 0. The van der Waals surface area contributed by atoms with Crippen LogP contribution in [0.5, 0.6) is 0 Å². The van der Waals surface area contributed by atoms with Crippen LogP contribution < -0.4 is 5.32 Å². The summed E-state index contributed by atoms with van der Waals surface area (Å²) < 4.78 is 0. The highest BCUT2D eigenvalue weighted by Crippen LogP contribution is 2.16. The third-order valence-corrected chi connectivity index (χ3v) is 3.53. The average molecular weight is 263 g/mol. The molecule has 2 heterocycles. The van der Waals surface area contributed by atoms with Crippen LogP contribution in [0, 0.1) is 12.8 Å². The van der Waals surface area contributed by atoms with Crippen molar-refractivity contribution in [3.8, 4) is 0 Å². The highest BCUT2D eigenvalue weighted by molar-refractivity contribution is 5.74. The molecule has 5 nitrogen and oxygen atoms in total. The molecule has 0 bridgehead atoms. The Balaban J connectivity index is 1.79. The van der Waals surface area contributed by atoms with Crippen LogP contribution in [0.3, 0.4) is 0 Å². The highest BCUT2D eigenvalue weighted by Gasteiger charge is 2.21. The first-order valence-electron chi connectivity index (χ1n) is 6.75. The predicted molar refractivity (Wildman–Crippen MR) is 72.6 cm³/mol. The summed E-state index contributed by atoms with van der Waals surface area (Å²) in [6, 6.07) is 5.74. The van der Waals surface area contributed by atoms with Crippen LogP contribution in [0.25, 0.3) is 0 Å². The molecule has 1 aliphatic heterocycles. The van der Waals surface area contributed by atoms with Crippen molar-refractivity contribution in [3.05, 3.63) is 29.6 Å². The molecule has 1 aromatic rings. The fourth-order valence-electron chi connectivity index (χ4n) is 2.29. The molecule has 5 heteroatoms. The topological polar surface area (TPSA) is 65.5 Å². The number of carbonyl (C=O) groups is 1. The van der Waals surface area contributed by atoms with Crippen LogP contribution in [-0.4, -0.2) is 40.7 Å². The Hall–Kier alpha value is -1.62. The van der Waals surface area contributed by atoms with E-state index >= 15 is 0 Å². The van der Waals surface area contributed by atoms with E-state index in [9.17, 15) is 4.79 Å². The van der Waals surface area contributed by atoms with Gasteiger partial charge >= 0.3 is 6.03 Å². The Kier molecular flexibility index (Phi) is 4.74. The first-order valence-corrected chi connectivity index (χ1v) is 6.75. The zero-order chi connectivity index (χ0) is 13.7. The van der Waals surface area contributed by atoms with Crippen molar-refractivity contribution < 1.29 is 9.90 Å². The molecule has 0 aliphatic carbocycles. The lowest BCUT2D eigenvalue weighted by Gasteiger charge is -2.31. The summed E-state index contributed by atoms with van der Waals surface area (Å²) in [4.78, 5) is 18.1. The van der Waals surface area contributed by atoms with E-state index in [0.717, 1.165) is 37.3 Å². The minimum absolute atomic E-state index is 0.0419. The molecule has 0 spiro atoms. The fourth-order valence-corrected chi connectivity index (χ4v) is 2.29. The number of rotatable bonds is 3. The summed E-state index contributed by atoms with van der Waals surface area (Å²) in [5.74, 6) is 0.350. The summed E-state index contributed by atoms with van der Waals surface area (Å²) in [6.07, 6.45) is 1.76. The van der Waals surface area contributed by atoms with Gasteiger partial charge in [-0.2, -0.15) is 0 Å². The van der Waals surface area contributed by atoms with Crippen LogP contribution >= 0.6 is 0 Å². The molecule has 0 unspecified atom stereocenters. The van der Waals surface area contributed by atoms with Crippen molar-refractivity contribution in [2.45, 2.75) is 26.3 Å². The van der Waals surface area contributed by atoms with E-state index in [4.69, 9.17) is 5.11 Å². The lowest BCUT2D eigenvalue weighted by Crippen LogP contribution is -2.44. The van der Waals surface area contributed by atoms with E-state index < -0.39 is 0 Å². The Morgan fingerprint density at radius 2 is 2.21 bits per heavy atom. The van der Waals surface area contributed by atoms with E-state index in [2.05, 4.69) is 10.3 Å². The number of aliphatic hydroxyl groups is 1. The minimum Gasteiger partial charge on any atom is -0.396 e. The lowest BCUT2D eigenvalue weighted by atomic mass is 9.98. The number of aromatic nitrogens is 1. The number of likely N-dealkylation sites (tertiary alicyclic amines) is 1. The molecule has 0 saturated carbocycles. The second kappa shape index (κ2) is 6.52. The third-order valence-electron chi connectivity index (χ3n) is 3.53. The van der Waals surface area contributed by atoms with Crippen LogP contribution in [-0.2, 0) is 6.54 Å². The minimum atomic E-state index is -0.0419. The van der Waals surface area contributed by atoms with Gasteiger partial charge in [-0.1, -0.05) is 6.07 Å². The SMILES string of the molecule is Cc1cccc(CNC(=O)N2CCC(CO)CC2)n1. The molecule has 1 saturated heterocycles. The number of nitrogens with one attached hydrogen (secondary N) is 1. The second-order valence-electron chi connectivity index (χ2n) is 5.04. The second-order valence-corrected chi connectivity index (χ2v) is 5.04. The number of nitrogens with zero attached hydrogens (tertiary/aromatic N) is 2. The number of aryl methyl sites for hydroxylation is 1. The third kappa shape index (κ3) is 3.92. The number of pyridine rings is 1. The van der Waals surface area contributed by atoms with E-state index in [1.807, 2.05) is 30.0 Å². The van der Waals surface area contributed by atoms with Gasteiger partial charge in [-0.3, -0.25) is 4.98 Å². The molecule has 2 amide bonds. The van der Waals surface area contributed by atoms with Gasteiger partial charge in [0.25, 0.3) is 0 Å². The van der Waals surface area contributed by atoms with Crippen molar-refractivity contribution in [1.82, 2.24) is 15.2 Å². The van der Waals surface area contributed by atoms with Gasteiger partial charge in [0.05, 0.1) is 12.2 Å². The van der Waals surface area contributed by atoms with Crippen molar-refractivity contribution in [2.75, 3.05) is 19.7 Å². The maximum absolute atomic E-state index is 12.0. The van der Waals surface area contributed by atoms with Crippen LogP contribution in [0.4, 0.5) is 4.79 Å². The molecule has 1 fully saturated rings. The Labute approximate surface area is 113 Å². The van der Waals surface area contributed by atoms with Crippen molar-refractivity contribution >= 4 is 6.03 Å². The van der Waals surface area contributed by atoms with Crippen LogP contribution in [0.1, 0.15) is 24.2 Å². The number of urea groups is 1. The Bertz CT molecular complexity index is 428. The number of hydrogen-bond acceptors (Lipinski definition) is 3. The normalized spacial score (nSPS) is 16.4. The quantitative estimate of drug-likeness (QED) is 0.864. The molecule has 1 aliphatic rings. The van der Waals surface area contributed by atoms with Crippen molar-refractivity contribution in [2.24, 2.45) is 5.92 Å². The number of piperidine rings is 1. The van der Waals surface area contributed by atoms with Gasteiger partial charge in [0.2, 0.25) is 0 Å². The van der Waals surface area contributed by atoms with Gasteiger partial charge in [0.1, 0.15) is 0 Å². The zero-order valence-electron chi connectivity index (χ0n) is 11.3. The van der Waals surface area contributed by atoms with Crippen LogP contribution in [0.15, 0.2) is 18.2 Å². The summed E-state index contributed by atoms with van der Waals surface area (Å²) in [5, 5.41) is 12.0. The summed E-state index contributed by atoms with van der Waals surface area (Å²) in [6.45, 7) is 4.06. The average Bonchev–Trinajstić information content (AvgIpc) is 2.45. The van der Waals surface area contributed by atoms with Gasteiger partial charge in [-0.15, -0.1) is 0 Å². The largest absolute Gasteiger partial charge is 0.396 e. The van der Waals surface area contributed by atoms with Gasteiger partial charge in [-0.05, 0) is 37.8 Å². The van der Waals surface area contributed by atoms with E-state index in [1.54, 1.807) is 0 Å². The number of amides is 2. The first kappa shape index (κ1) is 13.8. The van der Waals surface area contributed by atoms with Gasteiger partial charge < -0.3 is 15.3 Å². The molecule has 2 N–H and O–H groups in total. The Morgan fingerprint density at radius 1 is 1.47 bits per heavy atom. The molecule has 19 heavy (non-hydrogen) atoms. The standard InChI is InChI=1S/C14H21N3O2/c1-11-3-2-4-13(16-11)9-15-14(19)17-7-5-12(10-18)6-8-17/h2-4,12,18H,5-10H2,1H3,(H,15,19). The molecule has 0 atom stereocenters.